The van der Waals surface area contributed by atoms with E-state index in [0.717, 1.165) is 25.7 Å². The number of aryl methyl sites for hydroxylation is 1. The third-order valence-electron chi connectivity index (χ3n) is 9.88. The summed E-state index contributed by atoms with van der Waals surface area (Å²) in [4.78, 5) is 41.6. The van der Waals surface area contributed by atoms with E-state index in [-0.39, 0.29) is 52.8 Å². The molecular weight excluding hydrogens is 516 g/mol. The average molecular weight is 555 g/mol. The van der Waals surface area contributed by atoms with E-state index in [0.29, 0.717) is 11.3 Å². The number of hydrogen-bond acceptors (Lipinski definition) is 8. The van der Waals surface area contributed by atoms with Crippen LogP contribution >= 0.6 is 12.6 Å². The Hall–Kier alpha value is -2.42. The molecule has 39 heavy (non-hydrogen) atoms. The van der Waals surface area contributed by atoms with Crippen molar-refractivity contribution in [3.05, 3.63) is 67.8 Å². The van der Waals surface area contributed by atoms with Crippen LogP contribution in [0.15, 0.2) is 49.7 Å². The van der Waals surface area contributed by atoms with Gasteiger partial charge in [0.25, 0.3) is 0 Å². The van der Waals surface area contributed by atoms with Gasteiger partial charge in [0.1, 0.15) is 16.9 Å². The van der Waals surface area contributed by atoms with Gasteiger partial charge in [-0.25, -0.2) is 0 Å². The molecule has 5 atom stereocenters. The molecule has 0 amide bonds. The molecule has 4 aliphatic rings. The number of carbonyl (C=O) groups excluding carboxylic acids is 2. The molecule has 5 rings (SSSR count). The van der Waals surface area contributed by atoms with Crippen LogP contribution in [0.5, 0.6) is 0 Å². The van der Waals surface area contributed by atoms with Crippen LogP contribution in [0.25, 0.3) is 0 Å². The third-order valence-corrected chi connectivity index (χ3v) is 10.4. The molecule has 2 N–H and O–H groups in total. The van der Waals surface area contributed by atoms with Crippen LogP contribution in [0.3, 0.4) is 0 Å². The highest BCUT2D eigenvalue weighted by Gasteiger charge is 2.63. The Kier molecular flexibility index (Phi) is 7.13. The molecule has 210 valence electrons. The standard InChI is InChI=1S/C31H38O7S/c1-17-18(16-32)23(33)13-27(38-17)31-21(28(35)24(37-4)14-26(31)34)9-10-25(39)22(31)15-30(36)12-6-7-19-20(30)8-5-11-29(19,2)3/h7,10,13-14,20-22,32,36,39H,5-6,8-9,11-12,15-16H2,1-4H3/t20-,21-,22+,30-,31-/m1/s1. The lowest BCUT2D eigenvalue weighted by Crippen LogP contribution is -2.59. The number of carbonyl (C=O) groups is 2. The van der Waals surface area contributed by atoms with E-state index in [1.165, 1.54) is 24.8 Å². The Morgan fingerprint density at radius 3 is 2.56 bits per heavy atom. The summed E-state index contributed by atoms with van der Waals surface area (Å²) in [6, 6.07) is 1.24. The molecule has 1 aromatic heterocycles. The predicted molar refractivity (Wildman–Crippen MR) is 149 cm³/mol. The molecule has 0 aromatic carbocycles. The van der Waals surface area contributed by atoms with Crippen LogP contribution in [-0.2, 0) is 26.3 Å². The Morgan fingerprint density at radius 2 is 1.90 bits per heavy atom. The highest BCUT2D eigenvalue weighted by Crippen LogP contribution is 2.59. The van der Waals surface area contributed by atoms with Gasteiger partial charge in [0.15, 0.2) is 17.0 Å². The van der Waals surface area contributed by atoms with E-state index in [4.69, 9.17) is 21.8 Å². The number of hydrogen-bond donors (Lipinski definition) is 3. The van der Waals surface area contributed by atoms with E-state index in [2.05, 4.69) is 19.9 Å². The first-order valence-corrected chi connectivity index (χ1v) is 14.3. The van der Waals surface area contributed by atoms with Crippen molar-refractivity contribution < 1.29 is 29.0 Å². The number of Topliss-reactive ketones (excluding diaryl/α,β-unsaturated/α-hetero) is 1. The van der Waals surface area contributed by atoms with Gasteiger partial charge in [0.05, 0.1) is 24.9 Å². The van der Waals surface area contributed by atoms with E-state index >= 15 is 0 Å². The Balaban J connectivity index is 1.71. The molecule has 0 spiro atoms. The molecule has 7 nitrogen and oxygen atoms in total. The van der Waals surface area contributed by atoms with Gasteiger partial charge in [-0.2, -0.15) is 0 Å². The van der Waals surface area contributed by atoms with Gasteiger partial charge in [0, 0.05) is 29.9 Å². The monoisotopic (exact) mass is 554 g/mol. The lowest BCUT2D eigenvalue weighted by molar-refractivity contribution is -0.140. The zero-order valence-corrected chi connectivity index (χ0v) is 24.0. The fourth-order valence-corrected chi connectivity index (χ4v) is 8.25. The van der Waals surface area contributed by atoms with E-state index < -0.39 is 40.7 Å². The minimum Gasteiger partial charge on any atom is -0.493 e. The zero-order valence-electron chi connectivity index (χ0n) is 23.1. The van der Waals surface area contributed by atoms with E-state index in [9.17, 15) is 24.6 Å². The van der Waals surface area contributed by atoms with Crippen LogP contribution in [0.2, 0.25) is 0 Å². The first-order valence-electron chi connectivity index (χ1n) is 13.8. The van der Waals surface area contributed by atoms with Crippen LogP contribution in [0.1, 0.15) is 75.9 Å². The molecule has 4 aliphatic carbocycles. The summed E-state index contributed by atoms with van der Waals surface area (Å²) >= 11 is 4.83. The summed E-state index contributed by atoms with van der Waals surface area (Å²) < 4.78 is 11.4. The van der Waals surface area contributed by atoms with Crippen molar-refractivity contribution in [2.75, 3.05) is 7.11 Å². The van der Waals surface area contributed by atoms with Crippen LogP contribution in [0.4, 0.5) is 0 Å². The number of thiol groups is 1. The molecule has 0 saturated heterocycles. The lowest BCUT2D eigenvalue weighted by Gasteiger charge is -2.53. The SMILES string of the molecule is COC1=CC(=O)[C@@]2(c3cc(=O)c(CO)c(C)o3)[C@H](CC=C(S)[C@@H]2C[C@]2(O)CCC=C3[C@H]2CCCC3(C)C)C1=O. The maximum atomic E-state index is 14.3. The number of allylic oxidation sites excluding steroid dienone is 5. The van der Waals surface area contributed by atoms with Gasteiger partial charge in [-0.15, -0.1) is 12.6 Å². The van der Waals surface area contributed by atoms with E-state index in [1.807, 2.05) is 6.08 Å². The maximum absolute atomic E-state index is 14.3. The highest BCUT2D eigenvalue weighted by molar-refractivity contribution is 7.84. The molecule has 0 aliphatic heterocycles. The normalized spacial score (nSPS) is 33.9. The summed E-state index contributed by atoms with van der Waals surface area (Å²) in [7, 11) is 1.36. The summed E-state index contributed by atoms with van der Waals surface area (Å²) in [6.45, 7) is 5.51. The smallest absolute Gasteiger partial charge is 0.202 e. The third kappa shape index (κ3) is 4.21. The number of ketones is 2. The molecule has 0 bridgehead atoms. The number of aliphatic hydroxyl groups excluding tert-OH is 1. The lowest BCUT2D eigenvalue weighted by atomic mass is 9.51. The molecule has 1 heterocycles. The zero-order chi connectivity index (χ0) is 28.3. The molecule has 1 aromatic rings. The number of rotatable bonds is 5. The quantitative estimate of drug-likeness (QED) is 0.363. The summed E-state index contributed by atoms with van der Waals surface area (Å²) in [5, 5.41) is 22.1. The predicted octanol–water partition coefficient (Wildman–Crippen LogP) is 4.48. The van der Waals surface area contributed by atoms with Gasteiger partial charge >= 0.3 is 0 Å². The molecule has 1 fully saturated rings. The summed E-state index contributed by atoms with van der Waals surface area (Å²) in [5.41, 5.74) is -1.83. The number of methoxy groups -OCH3 is 1. The van der Waals surface area contributed by atoms with Crippen LogP contribution in [-0.4, -0.2) is 34.5 Å². The maximum Gasteiger partial charge on any atom is 0.202 e. The average Bonchev–Trinajstić information content (AvgIpc) is 2.87. The number of ether oxygens (including phenoxy) is 1. The second-order valence-electron chi connectivity index (χ2n) is 12.3. The Bertz CT molecular complexity index is 1370. The molecular formula is C31H38O7S. The number of fused-ring (bicyclic) bond motifs is 2. The highest BCUT2D eigenvalue weighted by atomic mass is 32.1. The number of aliphatic hydroxyl groups is 2. The Morgan fingerprint density at radius 1 is 1.15 bits per heavy atom. The second-order valence-corrected chi connectivity index (χ2v) is 12.8. The van der Waals surface area contributed by atoms with Crippen molar-refractivity contribution in [3.8, 4) is 0 Å². The van der Waals surface area contributed by atoms with Gasteiger partial charge in [-0.05, 0) is 55.8 Å². The van der Waals surface area contributed by atoms with Gasteiger partial charge in [-0.3, -0.25) is 14.4 Å². The molecule has 0 unspecified atom stereocenters. The van der Waals surface area contributed by atoms with Crippen molar-refractivity contribution in [2.45, 2.75) is 83.3 Å². The molecule has 0 radical (unpaired) electrons. The van der Waals surface area contributed by atoms with Crippen molar-refractivity contribution in [3.63, 3.8) is 0 Å². The van der Waals surface area contributed by atoms with Crippen molar-refractivity contribution >= 4 is 24.2 Å². The van der Waals surface area contributed by atoms with Crippen LogP contribution in [0, 0.1) is 30.1 Å². The van der Waals surface area contributed by atoms with Crippen molar-refractivity contribution in [2.24, 2.45) is 23.2 Å². The largest absolute Gasteiger partial charge is 0.493 e. The van der Waals surface area contributed by atoms with Gasteiger partial charge < -0.3 is 19.4 Å². The topological polar surface area (TPSA) is 114 Å². The minimum absolute atomic E-state index is 0.0273. The van der Waals surface area contributed by atoms with E-state index in [1.54, 1.807) is 6.92 Å². The van der Waals surface area contributed by atoms with Crippen LogP contribution < -0.4 is 5.43 Å². The Labute approximate surface area is 234 Å². The fraction of sp³-hybridized carbons (Fsp3) is 0.581. The summed E-state index contributed by atoms with van der Waals surface area (Å²) in [6.07, 6.45) is 9.88. The fourth-order valence-electron chi connectivity index (χ4n) is 7.85. The minimum atomic E-state index is -1.58. The molecule has 1 saturated carbocycles. The van der Waals surface area contributed by atoms with Gasteiger partial charge in [-0.1, -0.05) is 38.0 Å². The first kappa shape index (κ1) is 28.1. The van der Waals surface area contributed by atoms with Crippen molar-refractivity contribution in [1.29, 1.82) is 0 Å². The van der Waals surface area contributed by atoms with Crippen molar-refractivity contribution in [1.82, 2.24) is 0 Å². The summed E-state index contributed by atoms with van der Waals surface area (Å²) in [5.74, 6) is -2.19. The second kappa shape index (κ2) is 9.89. The van der Waals surface area contributed by atoms with Gasteiger partial charge in [0.2, 0.25) is 5.78 Å². The molecule has 8 heteroatoms. The first-order chi connectivity index (χ1) is 18.4.